The van der Waals surface area contributed by atoms with Gasteiger partial charge in [0, 0.05) is 40.9 Å². The van der Waals surface area contributed by atoms with Crippen LogP contribution in [0.4, 0.5) is 5.69 Å². The van der Waals surface area contributed by atoms with E-state index >= 15 is 0 Å². The molecular weight excluding hydrogens is 436 g/mol. The van der Waals surface area contributed by atoms with Crippen molar-refractivity contribution in [1.82, 2.24) is 4.58 Å². The molecule has 0 fully saturated rings. The summed E-state index contributed by atoms with van der Waals surface area (Å²) in [7, 11) is 0. The lowest BCUT2D eigenvalue weighted by Crippen LogP contribution is -2.29. The van der Waals surface area contributed by atoms with E-state index in [4.69, 9.17) is 9.15 Å². The van der Waals surface area contributed by atoms with Crippen LogP contribution in [0.5, 0.6) is 0 Å². The highest BCUT2D eigenvalue weighted by molar-refractivity contribution is 6.08. The molecule has 4 rings (SSSR count). The van der Waals surface area contributed by atoms with Crippen molar-refractivity contribution in [2.45, 2.75) is 27.7 Å². The van der Waals surface area contributed by atoms with Gasteiger partial charge in [-0.2, -0.15) is 0 Å². The fourth-order valence-corrected chi connectivity index (χ4v) is 4.63. The van der Waals surface area contributed by atoms with Crippen molar-refractivity contribution in [2.24, 2.45) is 0 Å². The third-order valence-electron chi connectivity index (χ3n) is 6.40. The Morgan fingerprint density at radius 1 is 1.00 bits per heavy atom. The predicted octanol–water partition coefficient (Wildman–Crippen LogP) is 6.16. The van der Waals surface area contributed by atoms with Gasteiger partial charge in [0.15, 0.2) is 0 Å². The summed E-state index contributed by atoms with van der Waals surface area (Å²) < 4.78 is 14.2. The molecule has 35 heavy (non-hydrogen) atoms. The molecule has 0 saturated heterocycles. The van der Waals surface area contributed by atoms with Crippen molar-refractivity contribution < 1.29 is 13.9 Å². The van der Waals surface area contributed by atoms with Crippen LogP contribution in [0, 0.1) is 0 Å². The molecule has 0 amide bonds. The minimum absolute atomic E-state index is 0.323. The van der Waals surface area contributed by atoms with E-state index in [-0.39, 0.29) is 5.97 Å². The lowest BCUT2D eigenvalue weighted by molar-refractivity contribution is 0.0527. The zero-order valence-corrected chi connectivity index (χ0v) is 21.0. The van der Waals surface area contributed by atoms with Gasteiger partial charge in [-0.05, 0) is 63.7 Å². The number of ether oxygens (including phenoxy) is 1. The van der Waals surface area contributed by atoms with E-state index in [1.807, 2.05) is 43.5 Å². The predicted molar refractivity (Wildman–Crippen MR) is 144 cm³/mol. The molecule has 1 aliphatic carbocycles. The molecule has 0 aromatic heterocycles. The van der Waals surface area contributed by atoms with E-state index < -0.39 is 0 Å². The highest BCUT2D eigenvalue weighted by atomic mass is 16.5. The number of carbonyl (C=O) groups excluding carboxylic acids is 1. The molecule has 0 radical (unpaired) electrons. The average molecular weight is 470 g/mol. The van der Waals surface area contributed by atoms with Crippen molar-refractivity contribution in [2.75, 3.05) is 31.1 Å². The molecule has 5 nitrogen and oxygen atoms in total. The van der Waals surface area contributed by atoms with Crippen LogP contribution >= 0.6 is 0 Å². The molecule has 0 atom stereocenters. The molecule has 5 heteroatoms. The molecule has 2 aromatic carbocycles. The Labute approximate surface area is 206 Å². The smallest absolute Gasteiger partial charge is 0.338 e. The second kappa shape index (κ2) is 10.6. The van der Waals surface area contributed by atoms with Crippen LogP contribution in [0.3, 0.4) is 0 Å². The monoisotopic (exact) mass is 469 g/mol. The molecule has 2 aliphatic rings. The first-order valence-corrected chi connectivity index (χ1v) is 12.3. The Morgan fingerprint density at radius 3 is 2.46 bits per heavy atom. The molecule has 1 aliphatic heterocycles. The van der Waals surface area contributed by atoms with E-state index in [9.17, 15) is 4.79 Å². The van der Waals surface area contributed by atoms with Crippen LogP contribution in [0.25, 0.3) is 33.4 Å². The van der Waals surface area contributed by atoms with Gasteiger partial charge >= 0.3 is 5.97 Å². The average Bonchev–Trinajstić information content (AvgIpc) is 2.88. The lowest BCUT2D eigenvalue weighted by atomic mass is 9.90. The van der Waals surface area contributed by atoms with Crippen molar-refractivity contribution in [3.05, 3.63) is 84.4 Å². The lowest BCUT2D eigenvalue weighted by Gasteiger charge is -2.21. The molecule has 0 saturated carbocycles. The summed E-state index contributed by atoms with van der Waals surface area (Å²) in [4.78, 5) is 15.0. The number of benzene rings is 3. The fourth-order valence-electron chi connectivity index (χ4n) is 4.63. The molecular formula is C30H33N2O3+. The second-order valence-corrected chi connectivity index (χ2v) is 8.24. The van der Waals surface area contributed by atoms with Gasteiger partial charge in [0.1, 0.15) is 24.4 Å². The number of anilines is 1. The van der Waals surface area contributed by atoms with Crippen molar-refractivity contribution >= 4 is 22.6 Å². The second-order valence-electron chi connectivity index (χ2n) is 8.24. The number of esters is 1. The van der Waals surface area contributed by atoms with Gasteiger partial charge in [0.2, 0.25) is 5.36 Å². The van der Waals surface area contributed by atoms with Crippen molar-refractivity contribution in [3.63, 3.8) is 0 Å². The first-order valence-electron chi connectivity index (χ1n) is 12.3. The Hall–Kier alpha value is -3.86. The third-order valence-corrected chi connectivity index (χ3v) is 6.40. The maximum Gasteiger partial charge on any atom is 0.338 e. The van der Waals surface area contributed by atoms with E-state index in [0.29, 0.717) is 12.2 Å². The van der Waals surface area contributed by atoms with Crippen LogP contribution < -0.4 is 14.8 Å². The topological polar surface area (TPSA) is 45.7 Å². The van der Waals surface area contributed by atoms with Crippen LogP contribution in [0.15, 0.2) is 77.9 Å². The molecule has 180 valence electrons. The van der Waals surface area contributed by atoms with Gasteiger partial charge in [-0.3, -0.25) is 0 Å². The minimum Gasteiger partial charge on any atom is -0.462 e. The van der Waals surface area contributed by atoms with E-state index in [0.717, 1.165) is 64.1 Å². The highest BCUT2D eigenvalue weighted by Crippen LogP contribution is 2.42. The molecule has 0 N–H and O–H groups in total. The minimum atomic E-state index is -0.328. The summed E-state index contributed by atoms with van der Waals surface area (Å²) in [6, 6.07) is 20.1. The SMILES string of the molecule is C=CN(CC)c1ccc2c(-c3ccccc3C(=O)OCC)c3ccc(=[N+](CC)CC)cc-3oc2c1. The molecule has 0 unspecified atom stereocenters. The normalized spacial score (nSPS) is 11.0. The quantitative estimate of drug-likeness (QED) is 0.176. The number of rotatable bonds is 8. The molecule has 0 bridgehead atoms. The van der Waals surface area contributed by atoms with Crippen LogP contribution in [-0.4, -0.2) is 32.2 Å². The van der Waals surface area contributed by atoms with Crippen LogP contribution in [-0.2, 0) is 4.74 Å². The summed E-state index contributed by atoms with van der Waals surface area (Å²) in [5.41, 5.74) is 5.04. The number of fused-ring (bicyclic) bond motifs is 2. The zero-order chi connectivity index (χ0) is 24.9. The Balaban J connectivity index is 2.11. The van der Waals surface area contributed by atoms with Gasteiger partial charge in [-0.1, -0.05) is 24.8 Å². The highest BCUT2D eigenvalue weighted by Gasteiger charge is 2.23. The van der Waals surface area contributed by atoms with E-state index in [1.54, 1.807) is 0 Å². The summed E-state index contributed by atoms with van der Waals surface area (Å²) >= 11 is 0. The first-order chi connectivity index (χ1) is 17.1. The zero-order valence-electron chi connectivity index (χ0n) is 21.0. The van der Waals surface area contributed by atoms with Gasteiger partial charge in [0.25, 0.3) is 0 Å². The Kier molecular flexibility index (Phi) is 7.35. The Morgan fingerprint density at radius 2 is 1.77 bits per heavy atom. The van der Waals surface area contributed by atoms with Gasteiger partial charge in [0.05, 0.1) is 18.2 Å². The standard InChI is InChI=1S/C30H33N2O3/c1-6-31(7-2)21-15-17-25-27(19-21)35-28-20-22(32(8-3)9-4)16-18-26(28)29(25)23-13-11-12-14-24(23)30(33)34-10-5/h6,11-20H,1,7-10H2,2-5H3/q+1. The summed E-state index contributed by atoms with van der Waals surface area (Å²) in [6.07, 6.45) is 1.82. The van der Waals surface area contributed by atoms with Crippen LogP contribution in [0.2, 0.25) is 0 Å². The largest absolute Gasteiger partial charge is 0.462 e. The number of hydrogen-bond donors (Lipinski definition) is 0. The maximum atomic E-state index is 12.9. The summed E-state index contributed by atoms with van der Waals surface area (Å²) in [5.74, 6) is 0.444. The van der Waals surface area contributed by atoms with Gasteiger partial charge < -0.3 is 14.1 Å². The summed E-state index contributed by atoms with van der Waals surface area (Å²) in [6.45, 7) is 15.1. The number of carbonyl (C=O) groups is 1. The molecule has 1 heterocycles. The third kappa shape index (κ3) is 4.59. The van der Waals surface area contributed by atoms with Crippen molar-refractivity contribution in [3.8, 4) is 22.5 Å². The Bertz CT molecular complexity index is 1410. The maximum absolute atomic E-state index is 12.9. The van der Waals surface area contributed by atoms with Crippen LogP contribution in [0.1, 0.15) is 38.1 Å². The van der Waals surface area contributed by atoms with E-state index in [2.05, 4.69) is 67.2 Å². The van der Waals surface area contributed by atoms with Crippen molar-refractivity contribution in [1.29, 1.82) is 0 Å². The van der Waals surface area contributed by atoms with Gasteiger partial charge in [-0.15, -0.1) is 0 Å². The number of nitrogens with zero attached hydrogens (tertiary/aromatic N) is 2. The first kappa shape index (κ1) is 24.3. The van der Waals surface area contributed by atoms with Gasteiger partial charge in [-0.25, -0.2) is 9.37 Å². The van der Waals surface area contributed by atoms with E-state index in [1.165, 1.54) is 0 Å². The molecule has 2 aromatic rings. The number of hydrogen-bond acceptors (Lipinski definition) is 4. The molecule has 0 spiro atoms. The fraction of sp³-hybridized carbons (Fsp3) is 0.267. The summed E-state index contributed by atoms with van der Waals surface area (Å²) in [5, 5.41) is 2.04.